The van der Waals surface area contributed by atoms with E-state index in [0.717, 1.165) is 6.42 Å². The third kappa shape index (κ3) is 5.57. The third-order valence-corrected chi connectivity index (χ3v) is 2.26. The van der Waals surface area contributed by atoms with E-state index in [1.807, 2.05) is 25.1 Å². The molecular formula is C14H20N2O2. The van der Waals surface area contributed by atoms with Gasteiger partial charge < -0.3 is 4.74 Å². The summed E-state index contributed by atoms with van der Waals surface area (Å²) >= 11 is 0. The first-order valence-electron chi connectivity index (χ1n) is 6.04. The SMILES string of the molecule is CC(=O)OC(C)(C)N=NC(C)Cc1ccccc1. The monoisotopic (exact) mass is 248 g/mol. The first kappa shape index (κ1) is 14.4. The van der Waals surface area contributed by atoms with Crippen LogP contribution >= 0.6 is 0 Å². The number of azo groups is 1. The average molecular weight is 248 g/mol. The van der Waals surface area contributed by atoms with Crippen LogP contribution < -0.4 is 0 Å². The lowest BCUT2D eigenvalue weighted by molar-refractivity contribution is -0.153. The zero-order chi connectivity index (χ0) is 13.6. The van der Waals surface area contributed by atoms with Crippen LogP contribution in [0.25, 0.3) is 0 Å². The first-order valence-corrected chi connectivity index (χ1v) is 6.04. The predicted octanol–water partition coefficient (Wildman–Crippen LogP) is 3.37. The number of benzene rings is 1. The molecule has 0 spiro atoms. The second-order valence-corrected chi connectivity index (χ2v) is 4.79. The van der Waals surface area contributed by atoms with Crippen LogP contribution in [0.15, 0.2) is 40.6 Å². The van der Waals surface area contributed by atoms with Crippen LogP contribution in [0.2, 0.25) is 0 Å². The smallest absolute Gasteiger partial charge is 0.304 e. The van der Waals surface area contributed by atoms with Gasteiger partial charge in [0, 0.05) is 6.92 Å². The molecule has 1 rings (SSSR count). The summed E-state index contributed by atoms with van der Waals surface area (Å²) in [5.41, 5.74) is 0.325. The maximum atomic E-state index is 10.9. The number of carbonyl (C=O) groups is 1. The quantitative estimate of drug-likeness (QED) is 0.592. The molecule has 0 N–H and O–H groups in total. The number of nitrogens with zero attached hydrogens (tertiary/aromatic N) is 2. The highest BCUT2D eigenvalue weighted by atomic mass is 16.6. The van der Waals surface area contributed by atoms with Crippen LogP contribution in [0.1, 0.15) is 33.3 Å². The molecule has 1 aromatic carbocycles. The van der Waals surface area contributed by atoms with Gasteiger partial charge in [-0.3, -0.25) is 4.79 Å². The van der Waals surface area contributed by atoms with Crippen molar-refractivity contribution >= 4 is 5.97 Å². The number of carbonyl (C=O) groups excluding carboxylic acids is 1. The minimum atomic E-state index is -0.892. The third-order valence-electron chi connectivity index (χ3n) is 2.26. The average Bonchev–Trinajstić information content (AvgIpc) is 2.26. The van der Waals surface area contributed by atoms with E-state index >= 15 is 0 Å². The Morgan fingerprint density at radius 2 is 1.94 bits per heavy atom. The predicted molar refractivity (Wildman–Crippen MR) is 70.3 cm³/mol. The van der Waals surface area contributed by atoms with Crippen LogP contribution in [0, 0.1) is 0 Å². The van der Waals surface area contributed by atoms with Crippen molar-refractivity contribution in [2.24, 2.45) is 10.2 Å². The largest absolute Gasteiger partial charge is 0.436 e. The molecule has 0 radical (unpaired) electrons. The first-order chi connectivity index (χ1) is 8.39. The Bertz CT molecular complexity index is 413. The molecule has 0 heterocycles. The molecule has 0 saturated heterocycles. The van der Waals surface area contributed by atoms with Crippen molar-refractivity contribution in [3.8, 4) is 0 Å². The maximum Gasteiger partial charge on any atom is 0.304 e. The Balaban J connectivity index is 2.54. The molecule has 1 aromatic rings. The van der Waals surface area contributed by atoms with Crippen molar-refractivity contribution in [2.45, 2.75) is 45.9 Å². The van der Waals surface area contributed by atoms with Gasteiger partial charge in [0.15, 0.2) is 0 Å². The van der Waals surface area contributed by atoms with Gasteiger partial charge in [-0.05, 0) is 32.8 Å². The van der Waals surface area contributed by atoms with Crippen LogP contribution in [0.5, 0.6) is 0 Å². The van der Waals surface area contributed by atoms with Gasteiger partial charge >= 0.3 is 5.97 Å². The van der Waals surface area contributed by atoms with Gasteiger partial charge in [0.2, 0.25) is 5.72 Å². The van der Waals surface area contributed by atoms with Crippen molar-refractivity contribution in [1.29, 1.82) is 0 Å². The van der Waals surface area contributed by atoms with Gasteiger partial charge in [0.1, 0.15) is 0 Å². The van der Waals surface area contributed by atoms with Gasteiger partial charge in [-0.15, -0.1) is 5.11 Å². The van der Waals surface area contributed by atoms with Crippen molar-refractivity contribution in [2.75, 3.05) is 0 Å². The molecule has 18 heavy (non-hydrogen) atoms. The Morgan fingerprint density at radius 1 is 1.33 bits per heavy atom. The molecule has 0 fully saturated rings. The van der Waals surface area contributed by atoms with Crippen LogP contribution in [0.3, 0.4) is 0 Å². The molecule has 0 aliphatic rings. The summed E-state index contributed by atoms with van der Waals surface area (Å²) in [7, 11) is 0. The number of esters is 1. The molecule has 0 saturated carbocycles. The Labute approximate surface area is 108 Å². The second kappa shape index (κ2) is 6.28. The highest BCUT2D eigenvalue weighted by Gasteiger charge is 2.20. The number of rotatable bonds is 5. The van der Waals surface area contributed by atoms with E-state index < -0.39 is 5.72 Å². The van der Waals surface area contributed by atoms with Gasteiger partial charge in [-0.25, -0.2) is 0 Å². The van der Waals surface area contributed by atoms with Gasteiger partial charge in [-0.2, -0.15) is 5.11 Å². The van der Waals surface area contributed by atoms with Crippen molar-refractivity contribution in [3.05, 3.63) is 35.9 Å². The summed E-state index contributed by atoms with van der Waals surface area (Å²) < 4.78 is 5.04. The van der Waals surface area contributed by atoms with Crippen LogP contribution in [-0.4, -0.2) is 17.7 Å². The minimum absolute atomic E-state index is 0.0576. The molecule has 0 amide bonds. The zero-order valence-corrected chi connectivity index (χ0v) is 11.4. The molecule has 0 bridgehead atoms. The topological polar surface area (TPSA) is 51.0 Å². The summed E-state index contributed by atoms with van der Waals surface area (Å²) in [5, 5.41) is 8.27. The van der Waals surface area contributed by atoms with Gasteiger partial charge in [-0.1, -0.05) is 30.3 Å². The Hall–Kier alpha value is -1.71. The molecule has 98 valence electrons. The van der Waals surface area contributed by atoms with Crippen molar-refractivity contribution < 1.29 is 9.53 Å². The standard InChI is InChI=1S/C14H20N2O2/c1-11(10-13-8-6-5-7-9-13)15-16-14(3,4)18-12(2)17/h5-9,11H,10H2,1-4H3. The molecule has 0 aliphatic carbocycles. The molecule has 4 nitrogen and oxygen atoms in total. The van der Waals surface area contributed by atoms with E-state index in [1.165, 1.54) is 12.5 Å². The minimum Gasteiger partial charge on any atom is -0.436 e. The van der Waals surface area contributed by atoms with Gasteiger partial charge in [0.05, 0.1) is 6.04 Å². The summed E-state index contributed by atoms with van der Waals surface area (Å²) in [4.78, 5) is 10.9. The fraction of sp³-hybridized carbons (Fsp3) is 0.500. The molecule has 1 atom stereocenters. The maximum absolute atomic E-state index is 10.9. The number of hydrogen-bond donors (Lipinski definition) is 0. The van der Waals surface area contributed by atoms with E-state index in [4.69, 9.17) is 4.74 Å². The summed E-state index contributed by atoms with van der Waals surface area (Å²) in [6, 6.07) is 10.2. The highest BCUT2D eigenvalue weighted by molar-refractivity contribution is 5.66. The van der Waals surface area contributed by atoms with E-state index in [0.29, 0.717) is 0 Å². The van der Waals surface area contributed by atoms with E-state index in [9.17, 15) is 4.79 Å². The van der Waals surface area contributed by atoms with Crippen LogP contribution in [-0.2, 0) is 16.0 Å². The summed E-state index contributed by atoms with van der Waals surface area (Å²) in [5.74, 6) is -0.352. The van der Waals surface area contributed by atoms with E-state index in [2.05, 4.69) is 22.4 Å². The number of ether oxygens (including phenoxy) is 1. The fourth-order valence-corrected chi connectivity index (χ4v) is 1.61. The van der Waals surface area contributed by atoms with E-state index in [1.54, 1.807) is 13.8 Å². The molecule has 0 aromatic heterocycles. The Morgan fingerprint density at radius 3 is 2.50 bits per heavy atom. The van der Waals surface area contributed by atoms with Crippen LogP contribution in [0.4, 0.5) is 0 Å². The molecule has 0 aliphatic heterocycles. The summed E-state index contributed by atoms with van der Waals surface area (Å²) in [6.45, 7) is 6.78. The zero-order valence-electron chi connectivity index (χ0n) is 11.4. The van der Waals surface area contributed by atoms with Crippen molar-refractivity contribution in [3.63, 3.8) is 0 Å². The fourth-order valence-electron chi connectivity index (χ4n) is 1.61. The second-order valence-electron chi connectivity index (χ2n) is 4.79. The lowest BCUT2D eigenvalue weighted by Gasteiger charge is -2.18. The molecule has 4 heteroatoms. The lowest BCUT2D eigenvalue weighted by atomic mass is 10.1. The summed E-state index contributed by atoms with van der Waals surface area (Å²) in [6.07, 6.45) is 0.820. The Kier molecular flexibility index (Phi) is 5.01. The highest BCUT2D eigenvalue weighted by Crippen LogP contribution is 2.14. The lowest BCUT2D eigenvalue weighted by Crippen LogP contribution is -2.24. The molecule has 1 unspecified atom stereocenters. The normalized spacial score (nSPS) is 13.6. The van der Waals surface area contributed by atoms with E-state index in [-0.39, 0.29) is 12.0 Å². The number of hydrogen-bond acceptors (Lipinski definition) is 4. The van der Waals surface area contributed by atoms with Crippen molar-refractivity contribution in [1.82, 2.24) is 0 Å². The molecular weight excluding hydrogens is 228 g/mol. The van der Waals surface area contributed by atoms with Gasteiger partial charge in [0.25, 0.3) is 0 Å².